The maximum absolute atomic E-state index is 13.1. The van der Waals surface area contributed by atoms with E-state index in [1.165, 1.54) is 47.8 Å². The molecule has 0 atom stereocenters. The average molecular weight is 363 g/mol. The lowest BCUT2D eigenvalue weighted by Crippen LogP contribution is -2.29. The van der Waals surface area contributed by atoms with Crippen molar-refractivity contribution in [3.63, 3.8) is 0 Å². The molecular formula is C22H22FN3O. The van der Waals surface area contributed by atoms with Gasteiger partial charge in [-0.2, -0.15) is 5.10 Å². The monoisotopic (exact) mass is 363 g/mol. The first-order valence-electron chi connectivity index (χ1n) is 9.37. The Hall–Kier alpha value is -2.95. The number of rotatable bonds is 4. The van der Waals surface area contributed by atoms with Crippen LogP contribution in [-0.2, 0) is 6.54 Å². The van der Waals surface area contributed by atoms with Crippen molar-refractivity contribution in [1.82, 2.24) is 9.78 Å². The first-order chi connectivity index (χ1) is 13.2. The van der Waals surface area contributed by atoms with Gasteiger partial charge in [0.25, 0.3) is 5.56 Å². The van der Waals surface area contributed by atoms with Gasteiger partial charge in [0.05, 0.1) is 12.2 Å². The van der Waals surface area contributed by atoms with Crippen molar-refractivity contribution in [2.75, 3.05) is 18.0 Å². The van der Waals surface area contributed by atoms with Gasteiger partial charge in [-0.3, -0.25) is 4.79 Å². The van der Waals surface area contributed by atoms with E-state index in [1.54, 1.807) is 18.2 Å². The molecular weight excluding hydrogens is 341 g/mol. The van der Waals surface area contributed by atoms with E-state index in [0.717, 1.165) is 29.9 Å². The molecule has 0 N–H and O–H groups in total. The van der Waals surface area contributed by atoms with Gasteiger partial charge in [0.2, 0.25) is 0 Å². The fourth-order valence-electron chi connectivity index (χ4n) is 3.47. The molecule has 1 aliphatic heterocycles. The first kappa shape index (κ1) is 17.5. The number of piperidine rings is 1. The number of benzene rings is 2. The van der Waals surface area contributed by atoms with Crippen LogP contribution in [0.1, 0.15) is 24.8 Å². The fraction of sp³-hybridized carbons (Fsp3) is 0.273. The summed E-state index contributed by atoms with van der Waals surface area (Å²) in [5, 5.41) is 4.50. The lowest BCUT2D eigenvalue weighted by molar-refractivity contribution is 0.578. The molecule has 0 amide bonds. The van der Waals surface area contributed by atoms with E-state index < -0.39 is 0 Å². The van der Waals surface area contributed by atoms with Crippen LogP contribution in [0.3, 0.4) is 0 Å². The maximum atomic E-state index is 13.1. The molecule has 0 unspecified atom stereocenters. The molecule has 4 rings (SSSR count). The lowest BCUT2D eigenvalue weighted by atomic mass is 10.1. The predicted octanol–water partition coefficient (Wildman–Crippen LogP) is 4.09. The van der Waals surface area contributed by atoms with Crippen molar-refractivity contribution < 1.29 is 4.39 Å². The van der Waals surface area contributed by atoms with Crippen molar-refractivity contribution in [3.8, 4) is 11.3 Å². The fourth-order valence-corrected chi connectivity index (χ4v) is 3.47. The van der Waals surface area contributed by atoms with Crippen LogP contribution in [0.4, 0.5) is 10.1 Å². The van der Waals surface area contributed by atoms with Crippen LogP contribution in [0, 0.1) is 5.82 Å². The van der Waals surface area contributed by atoms with Crippen molar-refractivity contribution in [3.05, 3.63) is 82.4 Å². The Kier molecular flexibility index (Phi) is 5.01. The zero-order chi connectivity index (χ0) is 18.6. The van der Waals surface area contributed by atoms with Crippen LogP contribution >= 0.6 is 0 Å². The highest BCUT2D eigenvalue weighted by Crippen LogP contribution is 2.23. The van der Waals surface area contributed by atoms with E-state index in [0.29, 0.717) is 6.54 Å². The summed E-state index contributed by atoms with van der Waals surface area (Å²) >= 11 is 0. The summed E-state index contributed by atoms with van der Waals surface area (Å²) in [6.45, 7) is 2.54. The molecule has 1 aliphatic rings. The predicted molar refractivity (Wildman–Crippen MR) is 105 cm³/mol. The van der Waals surface area contributed by atoms with Gasteiger partial charge in [-0.05, 0) is 55.2 Å². The molecule has 2 heterocycles. The molecule has 0 saturated carbocycles. The van der Waals surface area contributed by atoms with Crippen LogP contribution in [0.15, 0.2) is 65.5 Å². The molecule has 0 spiro atoms. The van der Waals surface area contributed by atoms with Gasteiger partial charge >= 0.3 is 0 Å². The summed E-state index contributed by atoms with van der Waals surface area (Å²) in [7, 11) is 0. The van der Waals surface area contributed by atoms with E-state index in [-0.39, 0.29) is 11.4 Å². The Morgan fingerprint density at radius 2 is 1.56 bits per heavy atom. The van der Waals surface area contributed by atoms with Crippen LogP contribution in [0.25, 0.3) is 11.3 Å². The third-order valence-electron chi connectivity index (χ3n) is 5.00. The second-order valence-corrected chi connectivity index (χ2v) is 6.94. The zero-order valence-corrected chi connectivity index (χ0v) is 15.1. The second kappa shape index (κ2) is 7.74. The van der Waals surface area contributed by atoms with E-state index in [4.69, 9.17) is 0 Å². The molecule has 0 radical (unpaired) electrons. The molecule has 0 bridgehead atoms. The molecule has 27 heavy (non-hydrogen) atoms. The largest absolute Gasteiger partial charge is 0.372 e. The highest BCUT2D eigenvalue weighted by atomic mass is 19.1. The number of anilines is 1. The van der Waals surface area contributed by atoms with Crippen molar-refractivity contribution in [2.24, 2.45) is 0 Å². The maximum Gasteiger partial charge on any atom is 0.267 e. The van der Waals surface area contributed by atoms with E-state index >= 15 is 0 Å². The molecule has 4 nitrogen and oxygen atoms in total. The summed E-state index contributed by atoms with van der Waals surface area (Å²) in [6, 6.07) is 17.8. The quantitative estimate of drug-likeness (QED) is 0.701. The topological polar surface area (TPSA) is 38.1 Å². The summed E-state index contributed by atoms with van der Waals surface area (Å²) < 4.78 is 14.5. The Bertz CT molecular complexity index is 958. The normalized spacial score (nSPS) is 14.3. The summed E-state index contributed by atoms with van der Waals surface area (Å²) in [6.07, 6.45) is 3.81. The molecule has 1 aromatic heterocycles. The minimum absolute atomic E-state index is 0.173. The summed E-state index contributed by atoms with van der Waals surface area (Å²) in [4.78, 5) is 14.6. The average Bonchev–Trinajstić information content (AvgIpc) is 2.72. The Morgan fingerprint density at radius 3 is 2.26 bits per heavy atom. The molecule has 1 saturated heterocycles. The molecule has 0 aliphatic carbocycles. The Labute approximate surface area is 157 Å². The van der Waals surface area contributed by atoms with Crippen molar-refractivity contribution in [1.29, 1.82) is 0 Å². The third kappa shape index (κ3) is 4.08. The zero-order valence-electron chi connectivity index (χ0n) is 15.1. The Balaban J connectivity index is 1.56. The van der Waals surface area contributed by atoms with Gasteiger partial charge in [-0.25, -0.2) is 9.07 Å². The van der Waals surface area contributed by atoms with Crippen LogP contribution in [-0.4, -0.2) is 22.9 Å². The third-order valence-corrected chi connectivity index (χ3v) is 5.00. The van der Waals surface area contributed by atoms with Gasteiger partial charge in [0.1, 0.15) is 5.82 Å². The summed E-state index contributed by atoms with van der Waals surface area (Å²) in [5.41, 5.74) is 3.63. The van der Waals surface area contributed by atoms with E-state index in [9.17, 15) is 9.18 Å². The number of aromatic nitrogens is 2. The SMILES string of the molecule is O=c1ccc(-c2ccc(N3CCCCC3)cc2)nn1Cc1ccc(F)cc1. The van der Waals surface area contributed by atoms with E-state index in [2.05, 4.69) is 34.3 Å². The minimum Gasteiger partial charge on any atom is -0.372 e. The Morgan fingerprint density at radius 1 is 0.852 bits per heavy atom. The minimum atomic E-state index is -0.290. The van der Waals surface area contributed by atoms with Gasteiger partial charge in [-0.15, -0.1) is 0 Å². The molecule has 5 heteroatoms. The highest BCUT2D eigenvalue weighted by Gasteiger charge is 2.11. The molecule has 1 fully saturated rings. The van der Waals surface area contributed by atoms with Crippen molar-refractivity contribution >= 4 is 5.69 Å². The van der Waals surface area contributed by atoms with Crippen molar-refractivity contribution in [2.45, 2.75) is 25.8 Å². The first-order valence-corrected chi connectivity index (χ1v) is 9.37. The van der Waals surface area contributed by atoms with Crippen LogP contribution in [0.2, 0.25) is 0 Å². The van der Waals surface area contributed by atoms with Crippen LogP contribution in [0.5, 0.6) is 0 Å². The smallest absolute Gasteiger partial charge is 0.267 e. The lowest BCUT2D eigenvalue weighted by Gasteiger charge is -2.28. The molecule has 3 aromatic rings. The molecule has 2 aromatic carbocycles. The van der Waals surface area contributed by atoms with Gasteiger partial charge in [-0.1, -0.05) is 24.3 Å². The van der Waals surface area contributed by atoms with Gasteiger partial charge < -0.3 is 4.90 Å². The molecule has 138 valence electrons. The standard InChI is InChI=1S/C22H22FN3O/c23-19-8-4-17(5-9-19)16-26-22(27)13-12-21(24-26)18-6-10-20(11-7-18)25-14-2-1-3-15-25/h4-13H,1-3,14-16H2. The number of hydrogen-bond acceptors (Lipinski definition) is 3. The summed E-state index contributed by atoms with van der Waals surface area (Å²) in [5.74, 6) is -0.290. The number of hydrogen-bond donors (Lipinski definition) is 0. The second-order valence-electron chi connectivity index (χ2n) is 6.94. The highest BCUT2D eigenvalue weighted by molar-refractivity contribution is 5.62. The number of nitrogens with zero attached hydrogens (tertiary/aromatic N) is 3. The van der Waals surface area contributed by atoms with Crippen LogP contribution < -0.4 is 10.5 Å². The van der Waals surface area contributed by atoms with Gasteiger partial charge in [0, 0.05) is 30.4 Å². The number of halogens is 1. The van der Waals surface area contributed by atoms with Gasteiger partial charge in [0.15, 0.2) is 0 Å². The van der Waals surface area contributed by atoms with E-state index in [1.807, 2.05) is 0 Å².